The van der Waals surface area contributed by atoms with E-state index < -0.39 is 0 Å². The number of aryl methyl sites for hydroxylation is 1. The van der Waals surface area contributed by atoms with E-state index in [-0.39, 0.29) is 12.5 Å². The lowest BCUT2D eigenvalue weighted by atomic mass is 10.2. The number of carbonyl (C=O) groups excluding carboxylic acids is 1. The first-order valence-electron chi connectivity index (χ1n) is 9.93. The van der Waals surface area contributed by atoms with Gasteiger partial charge in [0.25, 0.3) is 0 Å². The first kappa shape index (κ1) is 20.5. The van der Waals surface area contributed by atoms with Crippen LogP contribution in [0.15, 0.2) is 71.9 Å². The molecule has 0 atom stereocenters. The van der Waals surface area contributed by atoms with Gasteiger partial charge in [-0.25, -0.2) is 4.99 Å². The molecule has 1 aromatic heterocycles. The van der Waals surface area contributed by atoms with Crippen LogP contribution in [-0.4, -0.2) is 48.5 Å². The molecule has 1 heterocycles. The van der Waals surface area contributed by atoms with Crippen LogP contribution < -0.4 is 10.6 Å². The summed E-state index contributed by atoms with van der Waals surface area (Å²) in [5.74, 6) is 0.666. The summed E-state index contributed by atoms with van der Waals surface area (Å²) in [6.07, 6.45) is 3.08. The van der Waals surface area contributed by atoms with Gasteiger partial charge in [0.2, 0.25) is 5.91 Å². The average molecular weight is 392 g/mol. The van der Waals surface area contributed by atoms with E-state index in [1.807, 2.05) is 30.3 Å². The number of nitrogens with one attached hydrogen (secondary N) is 2. The Hall–Kier alpha value is -3.28. The number of hydrogen-bond donors (Lipinski definition) is 2. The third kappa shape index (κ3) is 6.10. The van der Waals surface area contributed by atoms with E-state index in [0.717, 1.165) is 25.1 Å². The standard InChI is InChI=1S/C23H29N5O/c1-27(2)22(29)18-26-23(25-17-19-9-4-3-5-10-19)24-14-8-15-28-16-13-20-11-6-7-12-21(20)28/h3-7,9-13,16H,8,14-15,17-18H2,1-2H3,(H2,24,25,26). The van der Waals surface area contributed by atoms with Crippen molar-refractivity contribution < 1.29 is 4.79 Å². The summed E-state index contributed by atoms with van der Waals surface area (Å²) in [4.78, 5) is 18.1. The third-order valence-electron chi connectivity index (χ3n) is 4.72. The largest absolute Gasteiger partial charge is 0.356 e. The summed E-state index contributed by atoms with van der Waals surface area (Å²) in [5, 5.41) is 7.74. The number of amides is 1. The molecule has 3 aromatic rings. The van der Waals surface area contributed by atoms with Crippen LogP contribution in [-0.2, 0) is 17.9 Å². The molecular weight excluding hydrogens is 362 g/mol. The molecule has 0 radical (unpaired) electrons. The van der Waals surface area contributed by atoms with Crippen LogP contribution in [0.2, 0.25) is 0 Å². The molecule has 0 aliphatic rings. The smallest absolute Gasteiger partial charge is 0.241 e. The van der Waals surface area contributed by atoms with Crippen LogP contribution in [0.5, 0.6) is 0 Å². The van der Waals surface area contributed by atoms with E-state index in [9.17, 15) is 4.79 Å². The Morgan fingerprint density at radius 2 is 1.76 bits per heavy atom. The zero-order chi connectivity index (χ0) is 20.5. The van der Waals surface area contributed by atoms with Gasteiger partial charge in [0, 0.05) is 38.9 Å². The Morgan fingerprint density at radius 1 is 1.00 bits per heavy atom. The van der Waals surface area contributed by atoms with Crippen molar-refractivity contribution in [1.82, 2.24) is 20.1 Å². The van der Waals surface area contributed by atoms with Crippen molar-refractivity contribution in [2.75, 3.05) is 27.2 Å². The third-order valence-corrected chi connectivity index (χ3v) is 4.72. The van der Waals surface area contributed by atoms with Crippen LogP contribution in [0.4, 0.5) is 0 Å². The van der Waals surface area contributed by atoms with Crippen molar-refractivity contribution in [2.45, 2.75) is 19.5 Å². The summed E-state index contributed by atoms with van der Waals surface area (Å²) in [7, 11) is 3.50. The average Bonchev–Trinajstić information content (AvgIpc) is 3.16. The number of fused-ring (bicyclic) bond motifs is 1. The Morgan fingerprint density at radius 3 is 2.55 bits per heavy atom. The Labute approximate surface area is 172 Å². The molecular formula is C23H29N5O. The van der Waals surface area contributed by atoms with Crippen molar-refractivity contribution >= 4 is 22.8 Å². The molecule has 0 spiro atoms. The highest BCUT2D eigenvalue weighted by molar-refractivity contribution is 5.86. The minimum Gasteiger partial charge on any atom is -0.356 e. The Bertz CT molecular complexity index is 946. The number of hydrogen-bond acceptors (Lipinski definition) is 2. The maximum Gasteiger partial charge on any atom is 0.241 e. The van der Waals surface area contributed by atoms with Gasteiger partial charge in [-0.1, -0.05) is 48.5 Å². The number of benzene rings is 2. The number of rotatable bonds is 8. The minimum atomic E-state index is 0.0121. The molecule has 6 heteroatoms. The molecule has 29 heavy (non-hydrogen) atoms. The number of para-hydroxylation sites is 1. The second-order valence-corrected chi connectivity index (χ2v) is 7.14. The predicted molar refractivity (Wildman–Crippen MR) is 119 cm³/mol. The zero-order valence-electron chi connectivity index (χ0n) is 17.1. The Balaban J connectivity index is 1.54. The van der Waals surface area contributed by atoms with E-state index >= 15 is 0 Å². The van der Waals surface area contributed by atoms with Crippen LogP contribution in [0, 0.1) is 0 Å². The van der Waals surface area contributed by atoms with Gasteiger partial charge < -0.3 is 20.1 Å². The molecule has 2 N–H and O–H groups in total. The highest BCUT2D eigenvalue weighted by atomic mass is 16.2. The first-order chi connectivity index (χ1) is 14.1. The molecule has 0 bridgehead atoms. The lowest BCUT2D eigenvalue weighted by molar-refractivity contribution is -0.127. The summed E-state index contributed by atoms with van der Waals surface area (Å²) < 4.78 is 2.26. The maximum atomic E-state index is 11.9. The molecule has 0 fully saturated rings. The lowest BCUT2D eigenvalue weighted by Gasteiger charge is -2.15. The molecule has 0 saturated heterocycles. The van der Waals surface area contributed by atoms with Crippen LogP contribution >= 0.6 is 0 Å². The summed E-state index contributed by atoms with van der Waals surface area (Å²) in [5.41, 5.74) is 2.38. The topological polar surface area (TPSA) is 61.7 Å². The number of carbonyl (C=O) groups is 1. The maximum absolute atomic E-state index is 11.9. The van der Waals surface area contributed by atoms with Crippen molar-refractivity contribution in [3.63, 3.8) is 0 Å². The van der Waals surface area contributed by atoms with Crippen LogP contribution in [0.3, 0.4) is 0 Å². The van der Waals surface area contributed by atoms with Gasteiger partial charge >= 0.3 is 0 Å². The number of likely N-dealkylation sites (N-methyl/N-ethyl adjacent to an activating group) is 1. The van der Waals surface area contributed by atoms with E-state index in [4.69, 9.17) is 0 Å². The van der Waals surface area contributed by atoms with Crippen molar-refractivity contribution in [1.29, 1.82) is 0 Å². The van der Waals surface area contributed by atoms with Gasteiger partial charge in [0.05, 0.1) is 13.1 Å². The quantitative estimate of drug-likeness (QED) is 0.353. The Kier molecular flexibility index (Phi) is 7.28. The molecule has 1 amide bonds. The zero-order valence-corrected chi connectivity index (χ0v) is 17.1. The second-order valence-electron chi connectivity index (χ2n) is 7.14. The van der Waals surface area contributed by atoms with E-state index in [0.29, 0.717) is 12.5 Å². The second kappa shape index (κ2) is 10.3. The number of nitrogens with zero attached hydrogens (tertiary/aromatic N) is 3. The fourth-order valence-electron chi connectivity index (χ4n) is 3.04. The minimum absolute atomic E-state index is 0.0121. The van der Waals surface area contributed by atoms with Gasteiger partial charge in [-0.15, -0.1) is 0 Å². The number of aromatic nitrogens is 1. The van der Waals surface area contributed by atoms with Crippen molar-refractivity contribution in [2.24, 2.45) is 4.99 Å². The van der Waals surface area contributed by atoms with Crippen LogP contribution in [0.1, 0.15) is 12.0 Å². The molecule has 0 aliphatic heterocycles. The monoisotopic (exact) mass is 391 g/mol. The summed E-state index contributed by atoms with van der Waals surface area (Å²) in [6, 6.07) is 20.6. The molecule has 0 unspecified atom stereocenters. The van der Waals surface area contributed by atoms with Crippen molar-refractivity contribution in [3.8, 4) is 0 Å². The molecule has 0 aliphatic carbocycles. The van der Waals surface area contributed by atoms with E-state index in [2.05, 4.69) is 56.7 Å². The first-order valence-corrected chi connectivity index (χ1v) is 9.93. The fourth-order valence-corrected chi connectivity index (χ4v) is 3.04. The molecule has 2 aromatic carbocycles. The molecule has 6 nitrogen and oxygen atoms in total. The van der Waals surface area contributed by atoms with Gasteiger partial charge in [-0.3, -0.25) is 4.79 Å². The lowest BCUT2D eigenvalue weighted by Crippen LogP contribution is -2.43. The van der Waals surface area contributed by atoms with Gasteiger partial charge in [0.15, 0.2) is 5.96 Å². The predicted octanol–water partition coefficient (Wildman–Crippen LogP) is 2.86. The van der Waals surface area contributed by atoms with E-state index in [1.165, 1.54) is 10.9 Å². The van der Waals surface area contributed by atoms with Crippen molar-refractivity contribution in [3.05, 3.63) is 72.4 Å². The highest BCUT2D eigenvalue weighted by Crippen LogP contribution is 2.15. The normalized spacial score (nSPS) is 11.4. The number of aliphatic imine (C=N–C) groups is 1. The molecule has 152 valence electrons. The summed E-state index contributed by atoms with van der Waals surface area (Å²) in [6.45, 7) is 2.47. The molecule has 0 saturated carbocycles. The van der Waals surface area contributed by atoms with Crippen LogP contribution in [0.25, 0.3) is 10.9 Å². The van der Waals surface area contributed by atoms with Gasteiger partial charge in [0.1, 0.15) is 0 Å². The highest BCUT2D eigenvalue weighted by Gasteiger charge is 2.06. The molecule has 3 rings (SSSR count). The SMILES string of the molecule is CN(C)C(=O)CNC(=NCc1ccccc1)NCCCn1ccc2ccccc21. The number of guanidine groups is 1. The van der Waals surface area contributed by atoms with Gasteiger partial charge in [-0.2, -0.15) is 0 Å². The van der Waals surface area contributed by atoms with E-state index in [1.54, 1.807) is 19.0 Å². The fraction of sp³-hybridized carbons (Fsp3) is 0.304. The van der Waals surface area contributed by atoms with Gasteiger partial charge in [-0.05, 0) is 29.5 Å². The summed E-state index contributed by atoms with van der Waals surface area (Å²) >= 11 is 0.